The maximum Gasteiger partial charge on any atom is 0.272 e. The minimum atomic E-state index is -0.567. The lowest BCUT2D eigenvalue weighted by atomic mass is 10.1. The van der Waals surface area contributed by atoms with Gasteiger partial charge in [0.15, 0.2) is 5.69 Å². The first-order chi connectivity index (χ1) is 13.7. The van der Waals surface area contributed by atoms with Gasteiger partial charge in [-0.25, -0.2) is 9.67 Å². The highest BCUT2D eigenvalue weighted by Crippen LogP contribution is 2.23. The molecular formula is C20H22N6O3. The number of methoxy groups -OCH3 is 1. The van der Waals surface area contributed by atoms with Gasteiger partial charge in [0, 0.05) is 17.8 Å². The van der Waals surface area contributed by atoms with Gasteiger partial charge in [0.1, 0.15) is 0 Å². The van der Waals surface area contributed by atoms with Crippen molar-refractivity contribution in [1.82, 2.24) is 25.1 Å². The number of primary amides is 1. The molecule has 0 aliphatic rings. The van der Waals surface area contributed by atoms with Crippen LogP contribution in [0.2, 0.25) is 0 Å². The van der Waals surface area contributed by atoms with Crippen molar-refractivity contribution in [2.45, 2.75) is 26.3 Å². The number of rotatable bonds is 5. The molecule has 0 saturated heterocycles. The number of nitrogens with two attached hydrogens (primary N) is 1. The van der Waals surface area contributed by atoms with Crippen LogP contribution in [0.4, 0.5) is 0 Å². The van der Waals surface area contributed by atoms with E-state index in [-0.39, 0.29) is 17.2 Å². The molecule has 2 amide bonds. The lowest BCUT2D eigenvalue weighted by Gasteiger charge is -2.19. The molecule has 0 aliphatic heterocycles. The van der Waals surface area contributed by atoms with E-state index in [1.807, 2.05) is 20.8 Å². The molecule has 0 fully saturated rings. The molecule has 29 heavy (non-hydrogen) atoms. The number of nitrogens with zero attached hydrogens (tertiary/aromatic N) is 4. The summed E-state index contributed by atoms with van der Waals surface area (Å²) in [5, 5.41) is 7.34. The summed E-state index contributed by atoms with van der Waals surface area (Å²) in [5.74, 6) is -0.424. The van der Waals surface area contributed by atoms with Crippen molar-refractivity contribution < 1.29 is 14.3 Å². The van der Waals surface area contributed by atoms with E-state index in [9.17, 15) is 9.59 Å². The van der Waals surface area contributed by atoms with Crippen LogP contribution < -0.4 is 15.8 Å². The zero-order valence-electron chi connectivity index (χ0n) is 16.6. The Hall–Kier alpha value is -3.75. The number of aromatic nitrogens is 4. The van der Waals surface area contributed by atoms with Gasteiger partial charge in [0.25, 0.3) is 5.91 Å². The third-order valence-electron chi connectivity index (χ3n) is 3.92. The van der Waals surface area contributed by atoms with Crippen LogP contribution >= 0.6 is 0 Å². The first kappa shape index (κ1) is 20.0. The highest BCUT2D eigenvalue weighted by Gasteiger charge is 2.21. The maximum atomic E-state index is 12.6. The van der Waals surface area contributed by atoms with Gasteiger partial charge in [-0.1, -0.05) is 0 Å². The largest absolute Gasteiger partial charge is 0.481 e. The smallest absolute Gasteiger partial charge is 0.272 e. The molecular weight excluding hydrogens is 372 g/mol. The quantitative estimate of drug-likeness (QED) is 0.681. The van der Waals surface area contributed by atoms with Crippen molar-refractivity contribution in [3.05, 3.63) is 54.0 Å². The highest BCUT2D eigenvalue weighted by atomic mass is 16.5. The Kier molecular flexibility index (Phi) is 5.31. The van der Waals surface area contributed by atoms with Gasteiger partial charge in [-0.05, 0) is 45.0 Å². The van der Waals surface area contributed by atoms with Gasteiger partial charge in [0.05, 0.1) is 35.9 Å². The number of nitrogens with one attached hydrogen (secondary N) is 1. The number of ether oxygens (including phenoxy) is 1. The van der Waals surface area contributed by atoms with Crippen molar-refractivity contribution in [2.24, 2.45) is 5.73 Å². The summed E-state index contributed by atoms with van der Waals surface area (Å²) in [6.07, 6.45) is 2.97. The Morgan fingerprint density at radius 1 is 1.10 bits per heavy atom. The van der Waals surface area contributed by atoms with E-state index in [1.54, 1.807) is 41.2 Å². The van der Waals surface area contributed by atoms with Crippen molar-refractivity contribution in [2.75, 3.05) is 7.11 Å². The van der Waals surface area contributed by atoms with Crippen LogP contribution in [0.3, 0.4) is 0 Å². The highest BCUT2D eigenvalue weighted by molar-refractivity contribution is 5.94. The van der Waals surface area contributed by atoms with Crippen LogP contribution in [0.1, 0.15) is 41.6 Å². The predicted molar refractivity (Wildman–Crippen MR) is 107 cm³/mol. The van der Waals surface area contributed by atoms with Gasteiger partial charge < -0.3 is 15.8 Å². The van der Waals surface area contributed by atoms with E-state index in [4.69, 9.17) is 10.5 Å². The van der Waals surface area contributed by atoms with E-state index in [1.165, 1.54) is 13.3 Å². The molecule has 9 nitrogen and oxygen atoms in total. The molecule has 150 valence electrons. The average molecular weight is 394 g/mol. The molecule has 0 atom stereocenters. The molecule has 3 rings (SSSR count). The van der Waals surface area contributed by atoms with Crippen LogP contribution in [0.15, 0.2) is 42.7 Å². The molecule has 9 heteroatoms. The van der Waals surface area contributed by atoms with Crippen molar-refractivity contribution in [1.29, 1.82) is 0 Å². The maximum absolute atomic E-state index is 12.6. The second-order valence-electron chi connectivity index (χ2n) is 7.39. The average Bonchev–Trinajstić information content (AvgIpc) is 3.12. The Labute approximate surface area is 167 Å². The van der Waals surface area contributed by atoms with Crippen molar-refractivity contribution in [3.8, 4) is 23.0 Å². The van der Waals surface area contributed by atoms with E-state index in [0.717, 1.165) is 0 Å². The SMILES string of the molecule is COc1ccc(-n2nc(C(=O)NC(C)(C)C)cc2-c2ccc(C(N)=O)cn2)cn1. The van der Waals surface area contributed by atoms with Crippen LogP contribution in [-0.4, -0.2) is 44.2 Å². The molecule has 0 spiro atoms. The van der Waals surface area contributed by atoms with E-state index < -0.39 is 11.4 Å². The van der Waals surface area contributed by atoms with E-state index in [2.05, 4.69) is 20.4 Å². The molecule has 0 aliphatic carbocycles. The third kappa shape index (κ3) is 4.57. The Bertz CT molecular complexity index is 1030. The zero-order chi connectivity index (χ0) is 21.2. The Morgan fingerprint density at radius 3 is 2.38 bits per heavy atom. The van der Waals surface area contributed by atoms with Crippen LogP contribution in [0.25, 0.3) is 17.1 Å². The molecule has 3 N–H and O–H groups in total. The van der Waals surface area contributed by atoms with Gasteiger partial charge >= 0.3 is 0 Å². The fourth-order valence-corrected chi connectivity index (χ4v) is 2.59. The lowest BCUT2D eigenvalue weighted by Crippen LogP contribution is -2.40. The number of pyridine rings is 2. The third-order valence-corrected chi connectivity index (χ3v) is 3.92. The summed E-state index contributed by atoms with van der Waals surface area (Å²) >= 11 is 0. The summed E-state index contributed by atoms with van der Waals surface area (Å²) in [7, 11) is 1.53. The fraction of sp³-hybridized carbons (Fsp3) is 0.250. The molecule has 3 heterocycles. The monoisotopic (exact) mass is 394 g/mol. The lowest BCUT2D eigenvalue weighted by molar-refractivity contribution is 0.0913. The molecule has 3 aromatic heterocycles. The van der Waals surface area contributed by atoms with E-state index >= 15 is 0 Å². The summed E-state index contributed by atoms with van der Waals surface area (Å²) < 4.78 is 6.66. The molecule has 0 unspecified atom stereocenters. The van der Waals surface area contributed by atoms with Gasteiger partial charge in [-0.3, -0.25) is 14.6 Å². The minimum absolute atomic E-state index is 0.228. The number of amides is 2. The molecule has 0 saturated carbocycles. The number of hydrogen-bond acceptors (Lipinski definition) is 6. The van der Waals surface area contributed by atoms with Crippen LogP contribution in [-0.2, 0) is 0 Å². The number of carbonyl (C=O) groups excluding carboxylic acids is 2. The van der Waals surface area contributed by atoms with Crippen molar-refractivity contribution >= 4 is 11.8 Å². The zero-order valence-corrected chi connectivity index (χ0v) is 16.6. The Balaban J connectivity index is 2.08. The van der Waals surface area contributed by atoms with Crippen molar-refractivity contribution in [3.63, 3.8) is 0 Å². The number of hydrogen-bond donors (Lipinski definition) is 2. The minimum Gasteiger partial charge on any atom is -0.481 e. The fourth-order valence-electron chi connectivity index (χ4n) is 2.59. The standard InChI is InChI=1S/C20H22N6O3/c1-20(2,3)24-19(28)15-9-16(14-7-5-12(10-22-14)18(21)27)26(25-15)13-6-8-17(29-4)23-11-13/h5-11H,1-4H3,(H2,21,27)(H,24,28). The van der Waals surface area contributed by atoms with Crippen LogP contribution in [0.5, 0.6) is 5.88 Å². The topological polar surface area (TPSA) is 125 Å². The predicted octanol–water partition coefficient (Wildman–Crippen LogP) is 1.97. The van der Waals surface area contributed by atoms with E-state index in [0.29, 0.717) is 23.0 Å². The number of carbonyl (C=O) groups is 2. The van der Waals surface area contributed by atoms with Gasteiger partial charge in [-0.15, -0.1) is 0 Å². The molecule has 0 radical (unpaired) electrons. The molecule has 0 aromatic carbocycles. The normalized spacial score (nSPS) is 11.2. The first-order valence-electron chi connectivity index (χ1n) is 8.87. The first-order valence-corrected chi connectivity index (χ1v) is 8.87. The van der Waals surface area contributed by atoms with Gasteiger partial charge in [0.2, 0.25) is 11.8 Å². The second-order valence-corrected chi connectivity index (χ2v) is 7.39. The summed E-state index contributed by atoms with van der Waals surface area (Å²) in [6, 6.07) is 8.32. The molecule has 0 bridgehead atoms. The molecule has 3 aromatic rings. The second kappa shape index (κ2) is 7.70. The Morgan fingerprint density at radius 2 is 1.86 bits per heavy atom. The summed E-state index contributed by atoms with van der Waals surface area (Å²) in [4.78, 5) is 32.4. The van der Waals surface area contributed by atoms with Gasteiger partial charge in [-0.2, -0.15) is 5.10 Å². The summed E-state index contributed by atoms with van der Waals surface area (Å²) in [5.41, 5.74) is 7.09. The van der Waals surface area contributed by atoms with Crippen LogP contribution in [0, 0.1) is 0 Å². The summed E-state index contributed by atoms with van der Waals surface area (Å²) in [6.45, 7) is 5.67.